The van der Waals surface area contributed by atoms with Gasteiger partial charge >= 0.3 is 16.1 Å². The highest BCUT2D eigenvalue weighted by Gasteiger charge is 2.22. The van der Waals surface area contributed by atoms with Crippen LogP contribution in [0.3, 0.4) is 0 Å². The topological polar surface area (TPSA) is 132 Å². The van der Waals surface area contributed by atoms with Gasteiger partial charge < -0.3 is 19.0 Å². The number of carbonyl (C=O) groups excluding carboxylic acids is 2. The van der Waals surface area contributed by atoms with E-state index >= 15 is 0 Å². The van der Waals surface area contributed by atoms with Crippen molar-refractivity contribution in [2.45, 2.75) is 11.8 Å². The summed E-state index contributed by atoms with van der Waals surface area (Å²) < 4.78 is 40.8. The largest absolute Gasteiger partial charge is 0.490 e. The Morgan fingerprint density at radius 1 is 1.08 bits per heavy atom. The van der Waals surface area contributed by atoms with E-state index in [9.17, 15) is 23.3 Å². The molecule has 0 spiro atoms. The molecule has 0 bridgehead atoms. The first kappa shape index (κ1) is 27.3. The van der Waals surface area contributed by atoms with Gasteiger partial charge in [-0.25, -0.2) is 4.79 Å². The third kappa shape index (κ3) is 6.88. The van der Waals surface area contributed by atoms with E-state index in [0.29, 0.717) is 16.8 Å². The van der Waals surface area contributed by atoms with Crippen LogP contribution < -0.4 is 14.2 Å². The zero-order chi connectivity index (χ0) is 27.0. The average molecular weight is 541 g/mol. The molecule has 190 valence electrons. The van der Waals surface area contributed by atoms with Crippen LogP contribution in [0.15, 0.2) is 77.2 Å². The van der Waals surface area contributed by atoms with E-state index in [-0.39, 0.29) is 33.6 Å². The highest BCUT2D eigenvalue weighted by molar-refractivity contribution is 7.87. The van der Waals surface area contributed by atoms with Crippen molar-refractivity contribution in [2.75, 3.05) is 19.0 Å². The second-order valence-corrected chi connectivity index (χ2v) is 9.26. The molecule has 0 aliphatic rings. The third-order valence-corrected chi connectivity index (χ3v) is 6.31. The highest BCUT2D eigenvalue weighted by Crippen LogP contribution is 2.39. The molecule has 1 amide bonds. The Morgan fingerprint density at radius 2 is 1.76 bits per heavy atom. The zero-order valence-corrected chi connectivity index (χ0v) is 21.3. The lowest BCUT2D eigenvalue weighted by atomic mass is 10.1. The average Bonchev–Trinajstić information content (AvgIpc) is 2.89. The van der Waals surface area contributed by atoms with E-state index < -0.39 is 22.0 Å². The van der Waals surface area contributed by atoms with E-state index in [2.05, 4.69) is 10.1 Å². The van der Waals surface area contributed by atoms with Crippen LogP contribution in [-0.4, -0.2) is 34.0 Å². The molecule has 1 N–H and O–H groups in total. The summed E-state index contributed by atoms with van der Waals surface area (Å²) in [7, 11) is -2.94. The van der Waals surface area contributed by atoms with Gasteiger partial charge in [0.2, 0.25) is 5.75 Å². The molecule has 11 heteroatoms. The molecule has 0 aromatic heterocycles. The number of carbonyl (C=O) groups is 2. The molecule has 0 saturated heterocycles. The second kappa shape index (κ2) is 12.1. The summed E-state index contributed by atoms with van der Waals surface area (Å²) in [6.45, 7) is 1.85. The maximum absolute atomic E-state index is 12.7. The standard InChI is InChI=1S/C26H21ClN2O7S/c1-3-35-23-15-17(14-22(27)24(23)36-37(32,33)21-7-5-4-6-8-21)13-19(16-28)25(30)29-20-11-9-18(10-12-20)26(31)34-2/h4-15H,3H2,1-2H3,(H,29,30)/b19-13+. The van der Waals surface area contributed by atoms with Gasteiger partial charge in [-0.15, -0.1) is 0 Å². The summed E-state index contributed by atoms with van der Waals surface area (Å²) >= 11 is 6.33. The Kier molecular flexibility index (Phi) is 8.90. The number of rotatable bonds is 9. The Bertz CT molecular complexity index is 1480. The summed E-state index contributed by atoms with van der Waals surface area (Å²) in [6.07, 6.45) is 1.27. The maximum Gasteiger partial charge on any atom is 0.339 e. The van der Waals surface area contributed by atoms with Crippen LogP contribution in [0.1, 0.15) is 22.8 Å². The lowest BCUT2D eigenvalue weighted by Crippen LogP contribution is -2.13. The SMILES string of the molecule is CCOc1cc(/C=C(\C#N)C(=O)Nc2ccc(C(=O)OC)cc2)cc(Cl)c1OS(=O)(=O)c1ccccc1. The van der Waals surface area contributed by atoms with Gasteiger partial charge in [-0.2, -0.15) is 13.7 Å². The number of esters is 1. The first-order valence-electron chi connectivity index (χ1n) is 10.8. The fraction of sp³-hybridized carbons (Fsp3) is 0.115. The van der Waals surface area contributed by atoms with Crippen molar-refractivity contribution < 1.29 is 31.7 Å². The van der Waals surface area contributed by atoms with Gasteiger partial charge in [-0.05, 0) is 67.1 Å². The van der Waals surface area contributed by atoms with Gasteiger partial charge in [0, 0.05) is 5.69 Å². The normalized spacial score (nSPS) is 11.2. The summed E-state index contributed by atoms with van der Waals surface area (Å²) in [5, 5.41) is 12.0. The molecule has 0 unspecified atom stereocenters. The van der Waals surface area contributed by atoms with Crippen molar-refractivity contribution in [3.8, 4) is 17.6 Å². The number of nitrogens with zero attached hydrogens (tertiary/aromatic N) is 1. The van der Waals surface area contributed by atoms with Gasteiger partial charge in [-0.1, -0.05) is 29.8 Å². The smallest absolute Gasteiger partial charge is 0.339 e. The molecule has 3 aromatic carbocycles. The van der Waals surface area contributed by atoms with Crippen LogP contribution in [-0.2, 0) is 19.6 Å². The Morgan fingerprint density at radius 3 is 2.35 bits per heavy atom. The van der Waals surface area contributed by atoms with Gasteiger partial charge in [0.25, 0.3) is 5.91 Å². The molecular formula is C26H21ClN2O7S. The molecule has 9 nitrogen and oxygen atoms in total. The number of methoxy groups -OCH3 is 1. The van der Waals surface area contributed by atoms with Crippen molar-refractivity contribution in [3.05, 3.63) is 88.5 Å². The molecule has 3 aromatic rings. The maximum atomic E-state index is 12.7. The number of ether oxygens (including phenoxy) is 2. The van der Waals surface area contributed by atoms with E-state index in [4.69, 9.17) is 20.5 Å². The van der Waals surface area contributed by atoms with Gasteiger partial charge in [0.1, 0.15) is 16.5 Å². The van der Waals surface area contributed by atoms with Gasteiger partial charge in [0.15, 0.2) is 5.75 Å². The van der Waals surface area contributed by atoms with E-state index in [0.717, 1.165) is 0 Å². The molecule has 0 heterocycles. The summed E-state index contributed by atoms with van der Waals surface area (Å²) in [5.41, 5.74) is 0.680. The number of benzene rings is 3. The number of nitriles is 1. The fourth-order valence-electron chi connectivity index (χ4n) is 3.08. The van der Waals surface area contributed by atoms with Crippen molar-refractivity contribution in [1.82, 2.24) is 0 Å². The van der Waals surface area contributed by atoms with E-state index in [1.807, 2.05) is 6.07 Å². The van der Waals surface area contributed by atoms with Crippen LogP contribution in [0.25, 0.3) is 6.08 Å². The molecule has 0 radical (unpaired) electrons. The summed E-state index contributed by atoms with van der Waals surface area (Å²) in [4.78, 5) is 24.2. The van der Waals surface area contributed by atoms with Crippen LogP contribution in [0.5, 0.6) is 11.5 Å². The van der Waals surface area contributed by atoms with E-state index in [1.54, 1.807) is 25.1 Å². The second-order valence-electron chi connectivity index (χ2n) is 7.31. The zero-order valence-electron chi connectivity index (χ0n) is 19.7. The van der Waals surface area contributed by atoms with Crippen molar-refractivity contribution >= 4 is 45.4 Å². The predicted molar refractivity (Wildman–Crippen MR) is 137 cm³/mol. The first-order valence-corrected chi connectivity index (χ1v) is 12.5. The van der Waals surface area contributed by atoms with Gasteiger partial charge in [0.05, 0.1) is 24.3 Å². The number of halogens is 1. The highest BCUT2D eigenvalue weighted by atomic mass is 35.5. The molecule has 0 saturated carbocycles. The quantitative estimate of drug-likeness (QED) is 0.176. The van der Waals surface area contributed by atoms with Gasteiger partial charge in [-0.3, -0.25) is 4.79 Å². The van der Waals surface area contributed by atoms with Crippen LogP contribution in [0.2, 0.25) is 5.02 Å². The summed E-state index contributed by atoms with van der Waals surface area (Å²) in [6, 6.07) is 18.0. The van der Waals surface area contributed by atoms with Crippen LogP contribution >= 0.6 is 11.6 Å². The molecule has 0 fully saturated rings. The van der Waals surface area contributed by atoms with Crippen molar-refractivity contribution in [1.29, 1.82) is 5.26 Å². The van der Waals surface area contributed by atoms with Crippen molar-refractivity contribution in [2.24, 2.45) is 0 Å². The Hall–Kier alpha value is -4.33. The fourth-order valence-corrected chi connectivity index (χ4v) is 4.36. The molecule has 0 aliphatic carbocycles. The minimum atomic E-state index is -4.20. The molecule has 37 heavy (non-hydrogen) atoms. The third-order valence-electron chi connectivity index (χ3n) is 4.80. The number of amides is 1. The lowest BCUT2D eigenvalue weighted by Gasteiger charge is -2.14. The number of anilines is 1. The molecular weight excluding hydrogens is 520 g/mol. The molecule has 3 rings (SSSR count). The van der Waals surface area contributed by atoms with Crippen molar-refractivity contribution in [3.63, 3.8) is 0 Å². The lowest BCUT2D eigenvalue weighted by molar-refractivity contribution is -0.112. The first-order chi connectivity index (χ1) is 17.7. The number of hydrogen-bond donors (Lipinski definition) is 1. The number of hydrogen-bond acceptors (Lipinski definition) is 8. The summed E-state index contributed by atoms with van der Waals surface area (Å²) in [5.74, 6) is -1.45. The monoisotopic (exact) mass is 540 g/mol. The minimum Gasteiger partial charge on any atom is -0.490 e. The molecule has 0 atom stereocenters. The predicted octanol–water partition coefficient (Wildman–Crippen LogP) is 4.84. The van der Waals surface area contributed by atoms with E-state index in [1.165, 1.54) is 61.7 Å². The minimum absolute atomic E-state index is 0.0110. The number of nitrogens with one attached hydrogen (secondary N) is 1. The Balaban J connectivity index is 1.88. The van der Waals surface area contributed by atoms with Crippen LogP contribution in [0, 0.1) is 11.3 Å². The molecule has 0 aliphatic heterocycles. The van der Waals surface area contributed by atoms with Crippen LogP contribution in [0.4, 0.5) is 5.69 Å². The Labute approximate surface area is 219 Å².